The lowest BCUT2D eigenvalue weighted by Crippen LogP contribution is -2.55. The Bertz CT molecular complexity index is 424. The normalized spacial score (nSPS) is 60.0. The molecule has 4 aliphatic carbocycles. The second-order valence-corrected chi connectivity index (χ2v) is 9.33. The summed E-state index contributed by atoms with van der Waals surface area (Å²) in [5, 5.41) is 10.5. The van der Waals surface area contributed by atoms with E-state index in [1.807, 2.05) is 0 Å². The van der Waals surface area contributed by atoms with Crippen molar-refractivity contribution in [3.05, 3.63) is 0 Å². The summed E-state index contributed by atoms with van der Waals surface area (Å²) in [4.78, 5) is 0. The fourth-order valence-corrected chi connectivity index (χ4v) is 7.26. The topological polar surface area (TPSA) is 46.2 Å². The third kappa shape index (κ3) is 1.91. The van der Waals surface area contributed by atoms with Crippen LogP contribution in [0.5, 0.6) is 0 Å². The molecule has 3 unspecified atom stereocenters. The van der Waals surface area contributed by atoms with E-state index in [4.69, 9.17) is 5.73 Å². The number of hydrogen-bond acceptors (Lipinski definition) is 2. The van der Waals surface area contributed by atoms with Gasteiger partial charge in [-0.05, 0) is 92.3 Å². The van der Waals surface area contributed by atoms with E-state index in [1.165, 1.54) is 51.4 Å². The Kier molecular flexibility index (Phi) is 3.25. The predicted molar refractivity (Wildman–Crippen MR) is 85.7 cm³/mol. The van der Waals surface area contributed by atoms with E-state index in [2.05, 4.69) is 13.8 Å². The maximum absolute atomic E-state index is 10.5. The lowest BCUT2D eigenvalue weighted by atomic mass is 9.45. The van der Waals surface area contributed by atoms with E-state index in [1.54, 1.807) is 0 Å². The monoisotopic (exact) mass is 291 g/mol. The van der Waals surface area contributed by atoms with Crippen LogP contribution >= 0.6 is 0 Å². The molecule has 120 valence electrons. The fourth-order valence-electron chi connectivity index (χ4n) is 7.26. The molecule has 4 rings (SSSR count). The molecule has 4 fully saturated rings. The molecule has 0 amide bonds. The maximum Gasteiger partial charge on any atom is 0.0596 e. The largest absolute Gasteiger partial charge is 0.393 e. The number of rotatable bonds is 0. The van der Waals surface area contributed by atoms with Gasteiger partial charge in [0.25, 0.3) is 0 Å². The van der Waals surface area contributed by atoms with Crippen LogP contribution in [-0.2, 0) is 0 Å². The van der Waals surface area contributed by atoms with Gasteiger partial charge in [0.05, 0.1) is 6.10 Å². The number of fused-ring (bicyclic) bond motifs is 5. The molecule has 0 heterocycles. The van der Waals surface area contributed by atoms with Crippen LogP contribution in [0.2, 0.25) is 0 Å². The first kappa shape index (κ1) is 14.5. The van der Waals surface area contributed by atoms with Gasteiger partial charge in [0.15, 0.2) is 0 Å². The molecule has 0 radical (unpaired) electrons. The van der Waals surface area contributed by atoms with Crippen LogP contribution in [0.15, 0.2) is 0 Å². The van der Waals surface area contributed by atoms with Gasteiger partial charge in [0.2, 0.25) is 0 Å². The Morgan fingerprint density at radius 2 is 1.57 bits per heavy atom. The molecule has 21 heavy (non-hydrogen) atoms. The Balaban J connectivity index is 1.62. The summed E-state index contributed by atoms with van der Waals surface area (Å²) < 4.78 is 0. The number of hydrogen-bond donors (Lipinski definition) is 2. The summed E-state index contributed by atoms with van der Waals surface area (Å²) >= 11 is 0. The van der Waals surface area contributed by atoms with Crippen LogP contribution in [0.4, 0.5) is 0 Å². The first-order valence-electron chi connectivity index (χ1n) is 9.39. The molecule has 4 saturated carbocycles. The van der Waals surface area contributed by atoms with Crippen molar-refractivity contribution in [1.29, 1.82) is 0 Å². The smallest absolute Gasteiger partial charge is 0.0596 e. The van der Waals surface area contributed by atoms with Crippen LogP contribution in [-0.4, -0.2) is 17.3 Å². The minimum Gasteiger partial charge on any atom is -0.393 e. The lowest BCUT2D eigenvalue weighted by Gasteiger charge is -2.60. The minimum atomic E-state index is -0.0336. The molecular formula is C19H33NO. The number of aliphatic hydroxyl groups is 1. The zero-order valence-corrected chi connectivity index (χ0v) is 13.9. The van der Waals surface area contributed by atoms with E-state index in [0.29, 0.717) is 11.5 Å². The van der Waals surface area contributed by atoms with E-state index in [9.17, 15) is 5.11 Å². The van der Waals surface area contributed by atoms with Crippen molar-refractivity contribution in [3.8, 4) is 0 Å². The van der Waals surface area contributed by atoms with Gasteiger partial charge in [-0.1, -0.05) is 13.8 Å². The van der Waals surface area contributed by atoms with Crippen LogP contribution in [0.1, 0.15) is 71.6 Å². The summed E-state index contributed by atoms with van der Waals surface area (Å²) in [6.45, 7) is 4.98. The average Bonchev–Trinajstić information content (AvgIpc) is 2.76. The van der Waals surface area contributed by atoms with Crippen LogP contribution in [0, 0.1) is 34.5 Å². The highest BCUT2D eigenvalue weighted by molar-refractivity contribution is 5.09. The van der Waals surface area contributed by atoms with Gasteiger partial charge in [0.1, 0.15) is 0 Å². The molecule has 0 spiro atoms. The molecular weight excluding hydrogens is 258 g/mol. The standard InChI is InChI=1S/C19H33NO/c1-18-9-7-13(20)11-12(18)3-4-14-15-5-6-17(21)19(15,2)10-8-16(14)18/h12-17,21H,3-11,20H2,1-2H3/t12?,13?,14-,15-,16+,17?,18-,19-/m0/s1. The summed E-state index contributed by atoms with van der Waals surface area (Å²) in [6, 6.07) is 0.460. The highest BCUT2D eigenvalue weighted by atomic mass is 16.3. The molecule has 4 aliphatic rings. The fraction of sp³-hybridized carbons (Fsp3) is 1.00. The van der Waals surface area contributed by atoms with Gasteiger partial charge in [-0.15, -0.1) is 0 Å². The molecule has 3 N–H and O–H groups in total. The van der Waals surface area contributed by atoms with Crippen LogP contribution in [0.25, 0.3) is 0 Å². The number of nitrogens with two attached hydrogens (primary N) is 1. The SMILES string of the molecule is C[C@]12CCC(N)CC1CC[C@@H]1[C@H]2CC[C@]2(C)C(O)CC[C@@H]12. The van der Waals surface area contributed by atoms with Crippen LogP contribution in [0.3, 0.4) is 0 Å². The van der Waals surface area contributed by atoms with Crippen molar-refractivity contribution in [3.63, 3.8) is 0 Å². The first-order chi connectivity index (χ1) is 9.95. The Labute approximate surface area is 129 Å². The highest BCUT2D eigenvalue weighted by Gasteiger charge is 2.59. The molecule has 0 aliphatic heterocycles. The lowest BCUT2D eigenvalue weighted by molar-refractivity contribution is -0.122. The Morgan fingerprint density at radius 3 is 2.38 bits per heavy atom. The maximum atomic E-state index is 10.5. The van der Waals surface area contributed by atoms with Crippen LogP contribution < -0.4 is 5.73 Å². The number of aliphatic hydroxyl groups excluding tert-OH is 1. The first-order valence-corrected chi connectivity index (χ1v) is 9.39. The molecule has 8 atom stereocenters. The van der Waals surface area contributed by atoms with E-state index in [0.717, 1.165) is 30.1 Å². The van der Waals surface area contributed by atoms with Gasteiger partial charge in [0, 0.05) is 6.04 Å². The van der Waals surface area contributed by atoms with Gasteiger partial charge in [-0.3, -0.25) is 0 Å². The van der Waals surface area contributed by atoms with E-state index >= 15 is 0 Å². The molecule has 0 aromatic rings. The summed E-state index contributed by atoms with van der Waals surface area (Å²) in [5.41, 5.74) is 7.04. The van der Waals surface area contributed by atoms with Crippen molar-refractivity contribution >= 4 is 0 Å². The van der Waals surface area contributed by atoms with Crippen molar-refractivity contribution < 1.29 is 5.11 Å². The van der Waals surface area contributed by atoms with E-state index < -0.39 is 0 Å². The summed E-state index contributed by atoms with van der Waals surface area (Å²) in [6.07, 6.45) is 11.6. The predicted octanol–water partition coefficient (Wildman–Crippen LogP) is 3.72. The second-order valence-electron chi connectivity index (χ2n) is 9.33. The second kappa shape index (κ2) is 4.71. The Morgan fingerprint density at radius 1 is 0.857 bits per heavy atom. The zero-order valence-electron chi connectivity index (χ0n) is 13.9. The van der Waals surface area contributed by atoms with Gasteiger partial charge in [-0.2, -0.15) is 0 Å². The minimum absolute atomic E-state index is 0.0336. The highest BCUT2D eigenvalue weighted by Crippen LogP contribution is 2.66. The summed E-state index contributed by atoms with van der Waals surface area (Å²) in [5.74, 6) is 3.46. The van der Waals surface area contributed by atoms with Crippen molar-refractivity contribution in [2.75, 3.05) is 0 Å². The molecule has 2 nitrogen and oxygen atoms in total. The van der Waals surface area contributed by atoms with E-state index in [-0.39, 0.29) is 11.5 Å². The van der Waals surface area contributed by atoms with Gasteiger partial charge < -0.3 is 10.8 Å². The van der Waals surface area contributed by atoms with Crippen molar-refractivity contribution in [2.24, 2.45) is 40.2 Å². The molecule has 0 saturated heterocycles. The van der Waals surface area contributed by atoms with Crippen molar-refractivity contribution in [2.45, 2.75) is 83.8 Å². The zero-order chi connectivity index (χ0) is 14.8. The van der Waals surface area contributed by atoms with Gasteiger partial charge >= 0.3 is 0 Å². The summed E-state index contributed by atoms with van der Waals surface area (Å²) in [7, 11) is 0. The average molecular weight is 291 g/mol. The third-order valence-corrected chi connectivity index (χ3v) is 8.66. The van der Waals surface area contributed by atoms with Gasteiger partial charge in [-0.25, -0.2) is 0 Å². The molecule has 0 aromatic heterocycles. The molecule has 0 bridgehead atoms. The Hall–Kier alpha value is -0.0800. The molecule has 2 heteroatoms. The third-order valence-electron chi connectivity index (χ3n) is 8.66. The quantitative estimate of drug-likeness (QED) is 0.714. The van der Waals surface area contributed by atoms with Crippen molar-refractivity contribution in [1.82, 2.24) is 0 Å². The molecule has 0 aromatic carbocycles.